The van der Waals surface area contributed by atoms with E-state index in [2.05, 4.69) is 12.1 Å². The van der Waals surface area contributed by atoms with Crippen LogP contribution in [0.25, 0.3) is 0 Å². The molecule has 0 bridgehead atoms. The van der Waals surface area contributed by atoms with Crippen molar-refractivity contribution >= 4 is 5.78 Å². The molecule has 3 nitrogen and oxygen atoms in total. The number of hydrogen-bond donors (Lipinski definition) is 0. The standard InChI is InChI=1S/C14H20O3/c1-14(16-2,17-3)13(15)11-7-10-12-8-5-4-6-9-12/h4-6,8-9H,7,10-11H2,1-3H3. The lowest BCUT2D eigenvalue weighted by Gasteiger charge is -2.24. The molecule has 1 aromatic carbocycles. The van der Waals surface area contributed by atoms with Crippen LogP contribution in [0.5, 0.6) is 0 Å². The van der Waals surface area contributed by atoms with Gasteiger partial charge in [-0.15, -0.1) is 0 Å². The molecular formula is C14H20O3. The summed E-state index contributed by atoms with van der Waals surface area (Å²) in [5, 5.41) is 0. The molecule has 0 radical (unpaired) electrons. The summed E-state index contributed by atoms with van der Waals surface area (Å²) >= 11 is 0. The highest BCUT2D eigenvalue weighted by Gasteiger charge is 2.31. The number of methoxy groups -OCH3 is 2. The SMILES string of the molecule is COC(C)(OC)C(=O)CCCc1ccccc1. The molecule has 0 aliphatic heterocycles. The lowest BCUT2D eigenvalue weighted by molar-refractivity contribution is -0.199. The van der Waals surface area contributed by atoms with Crippen molar-refractivity contribution in [1.29, 1.82) is 0 Å². The third-order valence-corrected chi connectivity index (χ3v) is 3.00. The molecule has 0 fully saturated rings. The quantitative estimate of drug-likeness (QED) is 0.683. The van der Waals surface area contributed by atoms with Gasteiger partial charge in [-0.3, -0.25) is 4.79 Å². The number of rotatable bonds is 7. The molecule has 0 saturated heterocycles. The van der Waals surface area contributed by atoms with Crippen molar-refractivity contribution in [2.45, 2.75) is 32.0 Å². The van der Waals surface area contributed by atoms with Gasteiger partial charge < -0.3 is 9.47 Å². The van der Waals surface area contributed by atoms with Gasteiger partial charge in [0.1, 0.15) is 0 Å². The van der Waals surface area contributed by atoms with Crippen LogP contribution in [0.15, 0.2) is 30.3 Å². The maximum atomic E-state index is 11.9. The van der Waals surface area contributed by atoms with E-state index in [0.29, 0.717) is 6.42 Å². The highest BCUT2D eigenvalue weighted by atomic mass is 16.7. The highest BCUT2D eigenvalue weighted by Crippen LogP contribution is 2.15. The third kappa shape index (κ3) is 3.95. The first-order chi connectivity index (χ1) is 8.12. The van der Waals surface area contributed by atoms with E-state index in [0.717, 1.165) is 12.8 Å². The molecule has 0 aliphatic carbocycles. The maximum absolute atomic E-state index is 11.9. The topological polar surface area (TPSA) is 35.5 Å². The van der Waals surface area contributed by atoms with Gasteiger partial charge in [0, 0.05) is 20.6 Å². The molecule has 0 amide bonds. The predicted octanol–water partition coefficient (Wildman–Crippen LogP) is 2.59. The summed E-state index contributed by atoms with van der Waals surface area (Å²) in [7, 11) is 2.97. The summed E-state index contributed by atoms with van der Waals surface area (Å²) in [5.41, 5.74) is 1.25. The van der Waals surface area contributed by atoms with Gasteiger partial charge >= 0.3 is 0 Å². The van der Waals surface area contributed by atoms with E-state index in [4.69, 9.17) is 9.47 Å². The van der Waals surface area contributed by atoms with Gasteiger partial charge in [-0.2, -0.15) is 0 Å². The highest BCUT2D eigenvalue weighted by molar-refractivity contribution is 5.85. The second kappa shape index (κ2) is 6.52. The summed E-state index contributed by atoms with van der Waals surface area (Å²) in [6.07, 6.45) is 2.17. The average Bonchev–Trinajstić information content (AvgIpc) is 2.39. The molecule has 0 aliphatic rings. The number of aryl methyl sites for hydroxylation is 1. The normalized spacial score (nSPS) is 11.5. The summed E-state index contributed by atoms with van der Waals surface area (Å²) < 4.78 is 10.2. The minimum atomic E-state index is -1.10. The number of ketones is 1. The fraction of sp³-hybridized carbons (Fsp3) is 0.500. The zero-order valence-electron chi connectivity index (χ0n) is 10.7. The van der Waals surface area contributed by atoms with E-state index in [1.165, 1.54) is 19.8 Å². The van der Waals surface area contributed by atoms with E-state index >= 15 is 0 Å². The van der Waals surface area contributed by atoms with E-state index in [1.54, 1.807) is 6.92 Å². The Kier molecular flexibility index (Phi) is 5.32. The molecule has 3 heteroatoms. The van der Waals surface area contributed by atoms with Gasteiger partial charge in [-0.25, -0.2) is 0 Å². The zero-order chi connectivity index (χ0) is 12.7. The molecule has 0 atom stereocenters. The van der Waals surface area contributed by atoms with Crippen LogP contribution in [0, 0.1) is 0 Å². The van der Waals surface area contributed by atoms with Crippen LogP contribution in [-0.4, -0.2) is 25.8 Å². The number of benzene rings is 1. The number of ether oxygens (including phenoxy) is 2. The molecule has 0 aromatic heterocycles. The van der Waals surface area contributed by atoms with Crippen molar-refractivity contribution in [3.05, 3.63) is 35.9 Å². The molecule has 94 valence electrons. The van der Waals surface area contributed by atoms with Gasteiger partial charge in [-0.1, -0.05) is 30.3 Å². The summed E-state index contributed by atoms with van der Waals surface area (Å²) in [6.45, 7) is 1.65. The predicted molar refractivity (Wildman–Crippen MR) is 66.8 cm³/mol. The fourth-order valence-electron chi connectivity index (χ4n) is 1.64. The number of hydrogen-bond acceptors (Lipinski definition) is 3. The smallest absolute Gasteiger partial charge is 0.225 e. The Morgan fingerprint density at radius 3 is 2.29 bits per heavy atom. The molecule has 0 heterocycles. The van der Waals surface area contributed by atoms with E-state index in [9.17, 15) is 4.79 Å². The summed E-state index contributed by atoms with van der Waals surface area (Å²) in [4.78, 5) is 11.9. The molecule has 17 heavy (non-hydrogen) atoms. The van der Waals surface area contributed by atoms with Crippen LogP contribution in [-0.2, 0) is 20.7 Å². The van der Waals surface area contributed by atoms with Crippen LogP contribution >= 0.6 is 0 Å². The first-order valence-corrected chi connectivity index (χ1v) is 5.80. The molecule has 0 saturated carbocycles. The van der Waals surface area contributed by atoms with Crippen molar-refractivity contribution in [3.8, 4) is 0 Å². The lowest BCUT2D eigenvalue weighted by atomic mass is 10.0. The Balaban J connectivity index is 2.39. The first-order valence-electron chi connectivity index (χ1n) is 5.80. The van der Waals surface area contributed by atoms with Crippen LogP contribution in [0.2, 0.25) is 0 Å². The minimum absolute atomic E-state index is 0.0153. The third-order valence-electron chi connectivity index (χ3n) is 3.00. The number of Topliss-reactive ketones (excluding diaryl/α,β-unsaturated/α-hetero) is 1. The first kappa shape index (κ1) is 13.9. The molecule has 0 unspecified atom stereocenters. The van der Waals surface area contributed by atoms with Crippen molar-refractivity contribution in [2.24, 2.45) is 0 Å². The lowest BCUT2D eigenvalue weighted by Crippen LogP contribution is -2.39. The molecule has 0 N–H and O–H groups in total. The summed E-state index contributed by atoms with van der Waals surface area (Å²) in [5.74, 6) is -1.12. The maximum Gasteiger partial charge on any atom is 0.225 e. The van der Waals surface area contributed by atoms with Crippen molar-refractivity contribution < 1.29 is 14.3 Å². The Morgan fingerprint density at radius 1 is 1.18 bits per heavy atom. The van der Waals surface area contributed by atoms with E-state index in [-0.39, 0.29) is 5.78 Å². The Bertz CT molecular complexity index is 342. The van der Waals surface area contributed by atoms with E-state index in [1.807, 2.05) is 18.2 Å². The molecular weight excluding hydrogens is 216 g/mol. The molecule has 1 aromatic rings. The average molecular weight is 236 g/mol. The Labute approximate surface area is 103 Å². The van der Waals surface area contributed by atoms with Gasteiger partial charge in [0.25, 0.3) is 0 Å². The monoisotopic (exact) mass is 236 g/mol. The minimum Gasteiger partial charge on any atom is -0.347 e. The largest absolute Gasteiger partial charge is 0.347 e. The van der Waals surface area contributed by atoms with Crippen molar-refractivity contribution in [3.63, 3.8) is 0 Å². The summed E-state index contributed by atoms with van der Waals surface area (Å²) in [6, 6.07) is 10.1. The van der Waals surface area contributed by atoms with Crippen molar-refractivity contribution in [1.82, 2.24) is 0 Å². The van der Waals surface area contributed by atoms with Crippen LogP contribution in [0.1, 0.15) is 25.3 Å². The number of carbonyl (C=O) groups is 1. The van der Waals surface area contributed by atoms with Crippen molar-refractivity contribution in [2.75, 3.05) is 14.2 Å². The Hall–Kier alpha value is -1.19. The second-order valence-electron chi connectivity index (χ2n) is 4.12. The van der Waals surface area contributed by atoms with Gasteiger partial charge in [0.15, 0.2) is 5.78 Å². The van der Waals surface area contributed by atoms with E-state index < -0.39 is 5.79 Å². The number of carbonyl (C=O) groups excluding carboxylic acids is 1. The zero-order valence-corrected chi connectivity index (χ0v) is 10.7. The van der Waals surface area contributed by atoms with Crippen LogP contribution in [0.3, 0.4) is 0 Å². The second-order valence-corrected chi connectivity index (χ2v) is 4.12. The van der Waals surface area contributed by atoms with Crippen LogP contribution < -0.4 is 0 Å². The van der Waals surface area contributed by atoms with Gasteiger partial charge in [-0.05, 0) is 25.3 Å². The molecule has 1 rings (SSSR count). The van der Waals surface area contributed by atoms with Gasteiger partial charge in [0.2, 0.25) is 5.79 Å². The molecule has 0 spiro atoms. The fourth-order valence-corrected chi connectivity index (χ4v) is 1.64. The van der Waals surface area contributed by atoms with Gasteiger partial charge in [0.05, 0.1) is 0 Å². The van der Waals surface area contributed by atoms with Crippen LogP contribution in [0.4, 0.5) is 0 Å². The Morgan fingerprint density at radius 2 is 1.76 bits per heavy atom.